The first-order valence-corrected chi connectivity index (χ1v) is 24.4. The molecule has 0 bridgehead atoms. The Labute approximate surface area is 404 Å². The SMILES string of the molecule is CN1C(C)(C)CC(OC(=O)CCC(=O)OCCCCCCCCOc2ccc(C(=O)Oc3ccc(-c4ccc(OC(=O)CCC(=O)OC5CC(C)(C)N(C)C(C)(C)C5)cc4)cc3)cc2)CC1(C)C. The molecule has 2 heterocycles. The van der Waals surface area contributed by atoms with E-state index in [1.54, 1.807) is 48.5 Å². The van der Waals surface area contributed by atoms with Crippen molar-refractivity contribution in [3.8, 4) is 28.4 Å². The van der Waals surface area contributed by atoms with Crippen molar-refractivity contribution < 1.29 is 52.4 Å². The first-order chi connectivity index (χ1) is 32.0. The van der Waals surface area contributed by atoms with E-state index >= 15 is 0 Å². The molecule has 0 atom stereocenters. The number of benzene rings is 3. The molecule has 372 valence electrons. The first-order valence-electron chi connectivity index (χ1n) is 24.4. The van der Waals surface area contributed by atoms with Crippen molar-refractivity contribution in [1.29, 1.82) is 0 Å². The van der Waals surface area contributed by atoms with Gasteiger partial charge >= 0.3 is 29.8 Å². The van der Waals surface area contributed by atoms with Gasteiger partial charge in [-0.05, 0) is 142 Å². The van der Waals surface area contributed by atoms with Crippen LogP contribution < -0.4 is 14.2 Å². The molecule has 0 unspecified atom stereocenters. The molecule has 0 spiro atoms. The van der Waals surface area contributed by atoms with Crippen molar-refractivity contribution in [2.45, 2.75) is 180 Å². The number of unbranched alkanes of at least 4 members (excludes halogenated alkanes) is 5. The van der Waals surface area contributed by atoms with E-state index in [0.717, 1.165) is 75.3 Å². The first kappa shape index (κ1) is 53.7. The van der Waals surface area contributed by atoms with Crippen LogP contribution in [0, 0.1) is 0 Å². The number of likely N-dealkylation sites (tertiary alicyclic amines) is 2. The van der Waals surface area contributed by atoms with Gasteiger partial charge in [-0.15, -0.1) is 0 Å². The molecule has 3 aromatic carbocycles. The number of esters is 5. The van der Waals surface area contributed by atoms with Crippen LogP contribution in [0.2, 0.25) is 0 Å². The highest BCUT2D eigenvalue weighted by atomic mass is 16.6. The Morgan fingerprint density at radius 1 is 0.456 bits per heavy atom. The van der Waals surface area contributed by atoms with Crippen LogP contribution in [0.3, 0.4) is 0 Å². The van der Waals surface area contributed by atoms with Crippen molar-refractivity contribution in [3.05, 3.63) is 78.4 Å². The van der Waals surface area contributed by atoms with Crippen LogP contribution in [0.4, 0.5) is 0 Å². The van der Waals surface area contributed by atoms with Gasteiger partial charge in [0.15, 0.2) is 0 Å². The lowest BCUT2D eigenvalue weighted by atomic mass is 9.78. The summed E-state index contributed by atoms with van der Waals surface area (Å²) in [6.45, 7) is 18.1. The molecule has 0 saturated carbocycles. The molecule has 3 aromatic rings. The Morgan fingerprint density at radius 3 is 1.28 bits per heavy atom. The van der Waals surface area contributed by atoms with Gasteiger partial charge < -0.3 is 28.4 Å². The predicted octanol–water partition coefficient (Wildman–Crippen LogP) is 10.7. The summed E-state index contributed by atoms with van der Waals surface area (Å²) < 4.78 is 33.8. The monoisotopic (exact) mass is 941 g/mol. The Morgan fingerprint density at radius 2 is 0.824 bits per heavy atom. The molecule has 2 saturated heterocycles. The Balaban J connectivity index is 0.892. The average Bonchev–Trinajstić information content (AvgIpc) is 3.27. The summed E-state index contributed by atoms with van der Waals surface area (Å²) in [5.74, 6) is -0.648. The van der Waals surface area contributed by atoms with Crippen LogP contribution in [-0.2, 0) is 33.4 Å². The minimum atomic E-state index is -0.507. The lowest BCUT2D eigenvalue weighted by molar-refractivity contribution is -0.161. The summed E-state index contributed by atoms with van der Waals surface area (Å²) >= 11 is 0. The summed E-state index contributed by atoms with van der Waals surface area (Å²) in [6.07, 6.45) is 8.28. The number of carbonyl (C=O) groups is 5. The van der Waals surface area contributed by atoms with Crippen molar-refractivity contribution >= 4 is 29.8 Å². The molecule has 0 N–H and O–H groups in total. The third-order valence-corrected chi connectivity index (χ3v) is 13.8. The molecular formula is C55H76N2O11. The van der Waals surface area contributed by atoms with Gasteiger partial charge in [-0.2, -0.15) is 0 Å². The maximum Gasteiger partial charge on any atom is 0.343 e. The fraction of sp³-hybridized carbons (Fsp3) is 0.582. The number of nitrogens with zero attached hydrogens (tertiary/aromatic N) is 2. The highest BCUT2D eigenvalue weighted by molar-refractivity contribution is 5.91. The van der Waals surface area contributed by atoms with Gasteiger partial charge in [0.1, 0.15) is 29.5 Å². The lowest BCUT2D eigenvalue weighted by Crippen LogP contribution is -2.60. The van der Waals surface area contributed by atoms with E-state index in [-0.39, 0.29) is 72.0 Å². The molecule has 13 heteroatoms. The zero-order valence-corrected chi connectivity index (χ0v) is 42.3. The second-order valence-corrected chi connectivity index (χ2v) is 21.0. The van der Waals surface area contributed by atoms with E-state index in [1.807, 2.05) is 24.3 Å². The predicted molar refractivity (Wildman–Crippen MR) is 262 cm³/mol. The minimum absolute atomic E-state index is 0.0324. The van der Waals surface area contributed by atoms with Crippen LogP contribution in [0.5, 0.6) is 17.2 Å². The van der Waals surface area contributed by atoms with E-state index in [1.165, 1.54) is 0 Å². The van der Waals surface area contributed by atoms with E-state index in [0.29, 0.717) is 36.0 Å². The largest absolute Gasteiger partial charge is 0.494 e. The second-order valence-electron chi connectivity index (χ2n) is 21.0. The zero-order chi connectivity index (χ0) is 49.7. The molecule has 0 radical (unpaired) electrons. The zero-order valence-electron chi connectivity index (χ0n) is 42.3. The molecule has 2 fully saturated rings. The normalized spacial score (nSPS) is 18.0. The standard InChI is InChI=1S/C55H76N2O11/c1-52(2)35-45(36-53(3,4)56(52)9)66-49(60)30-29-47(58)64-34-16-14-12-11-13-15-33-63-42-23-21-41(22-24-42)51(62)68-44-27-19-40(20-28-44)39-17-25-43(26-18-39)65-48(59)31-32-50(61)67-46-37-54(5,6)57(10)55(7,8)38-46/h17-28,45-46H,11-16,29-38H2,1-10H3. The van der Waals surface area contributed by atoms with E-state index in [4.69, 9.17) is 28.4 Å². The average molecular weight is 941 g/mol. The van der Waals surface area contributed by atoms with Crippen LogP contribution in [0.25, 0.3) is 11.1 Å². The van der Waals surface area contributed by atoms with E-state index < -0.39 is 17.9 Å². The van der Waals surface area contributed by atoms with Crippen LogP contribution >= 0.6 is 0 Å². The van der Waals surface area contributed by atoms with E-state index in [9.17, 15) is 24.0 Å². The summed E-state index contributed by atoms with van der Waals surface area (Å²) in [5, 5.41) is 0. The highest BCUT2D eigenvalue weighted by Gasteiger charge is 2.45. The molecule has 5 rings (SSSR count). The third kappa shape index (κ3) is 16.2. The fourth-order valence-corrected chi connectivity index (χ4v) is 9.45. The van der Waals surface area contributed by atoms with Crippen molar-refractivity contribution in [3.63, 3.8) is 0 Å². The van der Waals surface area contributed by atoms with Crippen LogP contribution in [-0.4, -0.2) is 101 Å². The lowest BCUT2D eigenvalue weighted by Gasteiger charge is -2.53. The number of ether oxygens (including phenoxy) is 6. The summed E-state index contributed by atoms with van der Waals surface area (Å²) in [4.78, 5) is 67.3. The smallest absolute Gasteiger partial charge is 0.343 e. The molecule has 13 nitrogen and oxygen atoms in total. The van der Waals surface area contributed by atoms with Gasteiger partial charge in [-0.3, -0.25) is 29.0 Å². The molecular weight excluding hydrogens is 865 g/mol. The maximum atomic E-state index is 12.9. The molecule has 0 aliphatic carbocycles. The minimum Gasteiger partial charge on any atom is -0.494 e. The topological polar surface area (TPSA) is 147 Å². The van der Waals surface area contributed by atoms with E-state index in [2.05, 4.69) is 79.3 Å². The number of rotatable bonds is 22. The molecule has 0 amide bonds. The van der Waals surface area contributed by atoms with Gasteiger partial charge in [0.25, 0.3) is 0 Å². The summed E-state index contributed by atoms with van der Waals surface area (Å²) in [7, 11) is 4.20. The van der Waals surface area contributed by atoms with Gasteiger partial charge in [-0.1, -0.05) is 49.9 Å². The maximum absolute atomic E-state index is 12.9. The quantitative estimate of drug-likeness (QED) is 0.0408. The summed E-state index contributed by atoms with van der Waals surface area (Å²) in [5.41, 5.74) is 1.79. The second kappa shape index (κ2) is 23.8. The van der Waals surface area contributed by atoms with Gasteiger partial charge in [0.2, 0.25) is 0 Å². The fourth-order valence-electron chi connectivity index (χ4n) is 9.45. The van der Waals surface area contributed by atoms with Gasteiger partial charge in [-0.25, -0.2) is 4.79 Å². The number of carbonyl (C=O) groups excluding carboxylic acids is 5. The number of piperidine rings is 2. The Hall–Kier alpha value is -5.27. The Kier molecular flexibility index (Phi) is 18.8. The summed E-state index contributed by atoms with van der Waals surface area (Å²) in [6, 6.07) is 21.1. The third-order valence-electron chi connectivity index (χ3n) is 13.8. The Bertz CT molecular complexity index is 2110. The van der Waals surface area contributed by atoms with Crippen molar-refractivity contribution in [2.75, 3.05) is 27.3 Å². The molecule has 68 heavy (non-hydrogen) atoms. The van der Waals surface area contributed by atoms with Gasteiger partial charge in [0, 0.05) is 47.8 Å². The number of hydrogen-bond acceptors (Lipinski definition) is 13. The molecule has 2 aliphatic heterocycles. The van der Waals surface area contributed by atoms with Gasteiger partial charge in [0.05, 0.1) is 44.5 Å². The molecule has 2 aliphatic rings. The van der Waals surface area contributed by atoms with Crippen LogP contribution in [0.15, 0.2) is 72.8 Å². The van der Waals surface area contributed by atoms with Crippen molar-refractivity contribution in [2.24, 2.45) is 0 Å². The molecule has 0 aromatic heterocycles. The number of hydrogen-bond donors (Lipinski definition) is 0. The van der Waals surface area contributed by atoms with Crippen LogP contribution in [0.1, 0.15) is 156 Å². The highest BCUT2D eigenvalue weighted by Crippen LogP contribution is 2.39. The van der Waals surface area contributed by atoms with Crippen molar-refractivity contribution in [1.82, 2.24) is 9.80 Å².